The van der Waals surface area contributed by atoms with Gasteiger partial charge in [-0.25, -0.2) is 0 Å². The largest absolute Gasteiger partial charge is 0.493 e. The first kappa shape index (κ1) is 13.9. The fraction of sp³-hybridized carbons (Fsp3) is 0.455. The minimum Gasteiger partial charge on any atom is -0.493 e. The number of rotatable bonds is 2. The van der Waals surface area contributed by atoms with Gasteiger partial charge in [-0.05, 0) is 30.7 Å². The zero-order valence-electron chi connectivity index (χ0n) is 9.36. The molecular weight excluding hydrogens is 262 g/mol. The second-order valence-electron chi connectivity index (χ2n) is 3.52. The molecule has 0 aliphatic carbocycles. The molecule has 0 aromatic heterocycles. The molecule has 1 aliphatic rings. The first-order chi connectivity index (χ1) is 7.22. The lowest BCUT2D eigenvalue weighted by Gasteiger charge is -2.36. The SMILES string of the molecule is CSC1(SC)CCOc2ccc(N)cc21.Cl. The fourth-order valence-electron chi connectivity index (χ4n) is 1.91. The van der Waals surface area contributed by atoms with Crippen LogP contribution in [0.15, 0.2) is 18.2 Å². The molecule has 0 amide bonds. The van der Waals surface area contributed by atoms with Gasteiger partial charge >= 0.3 is 0 Å². The Morgan fingerprint density at radius 2 is 2.00 bits per heavy atom. The van der Waals surface area contributed by atoms with Crippen molar-refractivity contribution in [2.75, 3.05) is 24.9 Å². The number of ether oxygens (including phenoxy) is 1. The monoisotopic (exact) mass is 277 g/mol. The van der Waals surface area contributed by atoms with Gasteiger partial charge in [-0.15, -0.1) is 35.9 Å². The van der Waals surface area contributed by atoms with Crippen molar-refractivity contribution in [3.05, 3.63) is 23.8 Å². The molecule has 0 unspecified atom stereocenters. The Balaban J connectivity index is 0.00000128. The van der Waals surface area contributed by atoms with Crippen molar-refractivity contribution in [2.45, 2.75) is 10.5 Å². The molecule has 16 heavy (non-hydrogen) atoms. The van der Waals surface area contributed by atoms with Gasteiger partial charge < -0.3 is 10.5 Å². The molecule has 1 aromatic carbocycles. The van der Waals surface area contributed by atoms with Gasteiger partial charge in [-0.1, -0.05) is 0 Å². The predicted octanol–water partition coefficient (Wildman–Crippen LogP) is 3.35. The molecule has 0 spiro atoms. The van der Waals surface area contributed by atoms with E-state index in [0.717, 1.165) is 24.5 Å². The molecule has 0 fully saturated rings. The topological polar surface area (TPSA) is 35.2 Å². The van der Waals surface area contributed by atoms with E-state index in [2.05, 4.69) is 12.5 Å². The molecule has 5 heteroatoms. The maximum absolute atomic E-state index is 5.84. The van der Waals surface area contributed by atoms with Crippen LogP contribution >= 0.6 is 35.9 Å². The summed E-state index contributed by atoms with van der Waals surface area (Å²) in [5, 5.41) is 0. The Labute approximate surface area is 111 Å². The van der Waals surface area contributed by atoms with Gasteiger partial charge in [-0.3, -0.25) is 0 Å². The third kappa shape index (κ3) is 2.24. The van der Waals surface area contributed by atoms with Crippen LogP contribution in [0.5, 0.6) is 5.75 Å². The molecule has 0 radical (unpaired) electrons. The zero-order chi connectivity index (χ0) is 10.9. The maximum atomic E-state index is 5.84. The highest BCUT2D eigenvalue weighted by Crippen LogP contribution is 2.52. The van der Waals surface area contributed by atoms with Crippen molar-refractivity contribution >= 4 is 41.6 Å². The van der Waals surface area contributed by atoms with Crippen molar-refractivity contribution in [3.8, 4) is 5.75 Å². The predicted molar refractivity (Wildman–Crippen MR) is 76.9 cm³/mol. The van der Waals surface area contributed by atoms with Gasteiger partial charge in [0.25, 0.3) is 0 Å². The molecule has 90 valence electrons. The van der Waals surface area contributed by atoms with Gasteiger partial charge in [0.15, 0.2) is 0 Å². The first-order valence-corrected chi connectivity index (χ1v) is 7.30. The summed E-state index contributed by atoms with van der Waals surface area (Å²) in [6.45, 7) is 0.790. The van der Waals surface area contributed by atoms with Crippen molar-refractivity contribution < 1.29 is 4.74 Å². The Morgan fingerprint density at radius 3 is 2.62 bits per heavy atom. The summed E-state index contributed by atoms with van der Waals surface area (Å²) in [7, 11) is 0. The number of benzene rings is 1. The fourth-order valence-corrected chi connectivity index (χ4v) is 3.91. The smallest absolute Gasteiger partial charge is 0.124 e. The number of thioether (sulfide) groups is 2. The summed E-state index contributed by atoms with van der Waals surface area (Å²) >= 11 is 3.74. The summed E-state index contributed by atoms with van der Waals surface area (Å²) in [4.78, 5) is 0. The summed E-state index contributed by atoms with van der Waals surface area (Å²) in [5.74, 6) is 0.985. The van der Waals surface area contributed by atoms with Crippen LogP contribution in [0.4, 0.5) is 5.69 Å². The minimum atomic E-state index is 0. The number of hydrogen-bond donors (Lipinski definition) is 1. The van der Waals surface area contributed by atoms with E-state index in [-0.39, 0.29) is 16.5 Å². The summed E-state index contributed by atoms with van der Waals surface area (Å²) in [6.07, 6.45) is 5.33. The van der Waals surface area contributed by atoms with Gasteiger partial charge in [0.1, 0.15) is 5.75 Å². The molecule has 2 rings (SSSR count). The molecule has 2 N–H and O–H groups in total. The lowest BCUT2D eigenvalue weighted by atomic mass is 10.0. The van der Waals surface area contributed by atoms with Gasteiger partial charge in [-0.2, -0.15) is 0 Å². The van der Waals surface area contributed by atoms with E-state index >= 15 is 0 Å². The van der Waals surface area contributed by atoms with Crippen LogP contribution in [0.25, 0.3) is 0 Å². The number of fused-ring (bicyclic) bond motifs is 1. The Morgan fingerprint density at radius 1 is 1.31 bits per heavy atom. The van der Waals surface area contributed by atoms with Crippen LogP contribution in [0.3, 0.4) is 0 Å². The van der Waals surface area contributed by atoms with Crippen LogP contribution in [0, 0.1) is 0 Å². The van der Waals surface area contributed by atoms with E-state index in [1.54, 1.807) is 0 Å². The van der Waals surface area contributed by atoms with Crippen molar-refractivity contribution in [2.24, 2.45) is 0 Å². The minimum absolute atomic E-state index is 0. The van der Waals surface area contributed by atoms with E-state index in [1.807, 2.05) is 41.7 Å². The number of hydrogen-bond acceptors (Lipinski definition) is 4. The highest BCUT2D eigenvalue weighted by atomic mass is 35.5. The third-order valence-corrected chi connectivity index (χ3v) is 5.93. The molecule has 0 atom stereocenters. The third-order valence-electron chi connectivity index (χ3n) is 2.76. The molecule has 1 aromatic rings. The average molecular weight is 278 g/mol. The second kappa shape index (κ2) is 5.43. The van der Waals surface area contributed by atoms with Gasteiger partial charge in [0.2, 0.25) is 0 Å². The Kier molecular flexibility index (Phi) is 4.71. The standard InChI is InChI=1S/C11H15NOS2.ClH/c1-14-11(15-2)5-6-13-10-4-3-8(12)7-9(10)11;/h3-4,7H,5-6,12H2,1-2H3;1H. The average Bonchev–Trinajstić information content (AvgIpc) is 2.28. The quantitative estimate of drug-likeness (QED) is 0.664. The van der Waals surface area contributed by atoms with E-state index in [1.165, 1.54) is 5.56 Å². The zero-order valence-corrected chi connectivity index (χ0v) is 11.8. The van der Waals surface area contributed by atoms with Crippen LogP contribution in [0.2, 0.25) is 0 Å². The van der Waals surface area contributed by atoms with E-state index in [4.69, 9.17) is 10.5 Å². The molecule has 2 nitrogen and oxygen atoms in total. The number of anilines is 1. The number of halogens is 1. The molecular formula is C11H16ClNOS2. The Hall–Kier alpha value is -0.190. The summed E-state index contributed by atoms with van der Waals surface area (Å²) in [6, 6.07) is 5.92. The lowest BCUT2D eigenvalue weighted by molar-refractivity contribution is 0.280. The van der Waals surface area contributed by atoms with E-state index < -0.39 is 0 Å². The van der Waals surface area contributed by atoms with Crippen molar-refractivity contribution in [1.29, 1.82) is 0 Å². The van der Waals surface area contributed by atoms with E-state index in [0.29, 0.717) is 0 Å². The van der Waals surface area contributed by atoms with Crippen LogP contribution in [0.1, 0.15) is 12.0 Å². The molecule has 0 bridgehead atoms. The van der Waals surface area contributed by atoms with Crippen molar-refractivity contribution in [3.63, 3.8) is 0 Å². The van der Waals surface area contributed by atoms with Gasteiger partial charge in [0.05, 0.1) is 10.7 Å². The van der Waals surface area contributed by atoms with Crippen molar-refractivity contribution in [1.82, 2.24) is 0 Å². The highest BCUT2D eigenvalue weighted by molar-refractivity contribution is 8.16. The van der Waals surface area contributed by atoms with Crippen LogP contribution < -0.4 is 10.5 Å². The molecule has 0 saturated heterocycles. The molecule has 1 heterocycles. The Bertz CT molecular complexity index is 369. The maximum Gasteiger partial charge on any atom is 0.124 e. The summed E-state index contributed by atoms with van der Waals surface area (Å²) in [5.41, 5.74) is 7.88. The number of nitrogen functional groups attached to an aromatic ring is 1. The lowest BCUT2D eigenvalue weighted by Crippen LogP contribution is -2.26. The van der Waals surface area contributed by atoms with Crippen LogP contribution in [-0.2, 0) is 4.08 Å². The van der Waals surface area contributed by atoms with E-state index in [9.17, 15) is 0 Å². The number of nitrogens with two attached hydrogens (primary N) is 1. The second-order valence-corrected chi connectivity index (χ2v) is 5.98. The molecule has 0 saturated carbocycles. The van der Waals surface area contributed by atoms with Crippen LogP contribution in [-0.4, -0.2) is 19.1 Å². The van der Waals surface area contributed by atoms with Gasteiger partial charge in [0, 0.05) is 17.7 Å². The molecule has 1 aliphatic heterocycles. The first-order valence-electron chi connectivity index (χ1n) is 4.85. The summed E-state index contributed by atoms with van der Waals surface area (Å²) < 4.78 is 5.77. The highest BCUT2D eigenvalue weighted by Gasteiger charge is 2.36. The normalized spacial score (nSPS) is 16.9.